The Bertz CT molecular complexity index is 1010. The van der Waals surface area contributed by atoms with Crippen LogP contribution in [0, 0.1) is 0 Å². The highest BCUT2D eigenvalue weighted by Gasteiger charge is 2.28. The average molecular weight is 361 g/mol. The van der Waals surface area contributed by atoms with E-state index >= 15 is 0 Å². The summed E-state index contributed by atoms with van der Waals surface area (Å²) in [6.45, 7) is 5.71. The Labute approximate surface area is 158 Å². The number of hydrogen-bond acceptors (Lipinski definition) is 5. The molecule has 6 nitrogen and oxygen atoms in total. The van der Waals surface area contributed by atoms with Gasteiger partial charge in [-0.05, 0) is 24.3 Å². The van der Waals surface area contributed by atoms with Crippen molar-refractivity contribution < 1.29 is 0 Å². The van der Waals surface area contributed by atoms with Gasteiger partial charge in [-0.25, -0.2) is 4.79 Å². The monoisotopic (exact) mass is 361 g/mol. The van der Waals surface area contributed by atoms with E-state index in [1.807, 2.05) is 28.8 Å². The van der Waals surface area contributed by atoms with Crippen LogP contribution in [0.25, 0.3) is 10.9 Å². The van der Waals surface area contributed by atoms with Gasteiger partial charge < -0.3 is 10.2 Å². The Kier molecular flexibility index (Phi) is 4.05. The van der Waals surface area contributed by atoms with Crippen LogP contribution in [-0.4, -0.2) is 53.7 Å². The van der Waals surface area contributed by atoms with E-state index in [1.165, 1.54) is 5.69 Å². The Morgan fingerprint density at radius 2 is 1.70 bits per heavy atom. The van der Waals surface area contributed by atoms with E-state index in [9.17, 15) is 4.79 Å². The predicted molar refractivity (Wildman–Crippen MR) is 109 cm³/mol. The van der Waals surface area contributed by atoms with Crippen LogP contribution in [0.1, 0.15) is 6.04 Å². The minimum atomic E-state index is -0.151. The minimum absolute atomic E-state index is 0.132. The van der Waals surface area contributed by atoms with Gasteiger partial charge in [0, 0.05) is 50.3 Å². The van der Waals surface area contributed by atoms with Crippen LogP contribution in [0.5, 0.6) is 0 Å². The van der Waals surface area contributed by atoms with Gasteiger partial charge in [0.25, 0.3) is 0 Å². The fourth-order valence-electron chi connectivity index (χ4n) is 4.25. The molecule has 1 saturated heterocycles. The van der Waals surface area contributed by atoms with Gasteiger partial charge in [-0.2, -0.15) is 4.98 Å². The molecule has 138 valence electrons. The van der Waals surface area contributed by atoms with Crippen molar-refractivity contribution in [3.63, 3.8) is 0 Å². The van der Waals surface area contributed by atoms with E-state index in [4.69, 9.17) is 0 Å². The molecule has 3 aromatic rings. The van der Waals surface area contributed by atoms with E-state index in [0.717, 1.165) is 56.0 Å². The molecule has 0 spiro atoms. The first-order chi connectivity index (χ1) is 13.3. The van der Waals surface area contributed by atoms with Crippen molar-refractivity contribution in [2.75, 3.05) is 49.5 Å². The normalized spacial score (nSPS) is 19.9. The number of nitrogens with one attached hydrogen (secondary N) is 1. The lowest BCUT2D eigenvalue weighted by atomic mass is 10.2. The Morgan fingerprint density at radius 1 is 0.963 bits per heavy atom. The molecule has 0 saturated carbocycles. The van der Waals surface area contributed by atoms with Crippen LogP contribution in [-0.2, 0) is 0 Å². The molecule has 1 aromatic heterocycles. The molecule has 0 bridgehead atoms. The molecule has 1 N–H and O–H groups in total. The lowest BCUT2D eigenvalue weighted by Gasteiger charge is -2.37. The van der Waals surface area contributed by atoms with Crippen molar-refractivity contribution in [1.82, 2.24) is 14.5 Å². The Hall–Kier alpha value is -2.86. The van der Waals surface area contributed by atoms with E-state index < -0.39 is 0 Å². The average Bonchev–Trinajstić information content (AvgIpc) is 3.14. The van der Waals surface area contributed by atoms with Gasteiger partial charge in [0.15, 0.2) is 0 Å². The summed E-state index contributed by atoms with van der Waals surface area (Å²) in [6.07, 6.45) is 0. The second kappa shape index (κ2) is 6.70. The summed E-state index contributed by atoms with van der Waals surface area (Å²) in [5.74, 6) is 0.915. The lowest BCUT2D eigenvalue weighted by molar-refractivity contribution is 0.226. The molecular weight excluding hydrogens is 338 g/mol. The van der Waals surface area contributed by atoms with Gasteiger partial charge >= 0.3 is 5.69 Å². The number of piperazine rings is 1. The van der Waals surface area contributed by atoms with Crippen LogP contribution in [0.4, 0.5) is 11.5 Å². The van der Waals surface area contributed by atoms with Crippen LogP contribution in [0.2, 0.25) is 0 Å². The van der Waals surface area contributed by atoms with Crippen molar-refractivity contribution in [3.8, 4) is 0 Å². The first-order valence-corrected chi connectivity index (χ1v) is 9.57. The molecular formula is C21H23N5O. The van der Waals surface area contributed by atoms with Crippen LogP contribution in [0.15, 0.2) is 59.4 Å². The van der Waals surface area contributed by atoms with E-state index in [0.29, 0.717) is 0 Å². The van der Waals surface area contributed by atoms with Gasteiger partial charge in [-0.15, -0.1) is 0 Å². The van der Waals surface area contributed by atoms with Crippen molar-refractivity contribution in [2.45, 2.75) is 6.04 Å². The maximum atomic E-state index is 12.6. The number of benzene rings is 2. The molecule has 1 unspecified atom stereocenters. The largest absolute Gasteiger partial charge is 0.369 e. The fourth-order valence-corrected chi connectivity index (χ4v) is 4.25. The zero-order valence-electron chi connectivity index (χ0n) is 15.2. The summed E-state index contributed by atoms with van der Waals surface area (Å²) < 4.78 is 1.85. The molecule has 0 aliphatic carbocycles. The smallest absolute Gasteiger partial charge is 0.350 e. The molecule has 3 heterocycles. The molecule has 2 aliphatic heterocycles. The fraction of sp³-hybridized carbons (Fsp3) is 0.333. The van der Waals surface area contributed by atoms with Gasteiger partial charge in [-0.3, -0.25) is 9.47 Å². The van der Waals surface area contributed by atoms with Gasteiger partial charge in [0.2, 0.25) is 0 Å². The number of para-hydroxylation sites is 2. The first kappa shape index (κ1) is 16.3. The van der Waals surface area contributed by atoms with Gasteiger partial charge in [-0.1, -0.05) is 30.3 Å². The molecule has 2 aliphatic rings. The van der Waals surface area contributed by atoms with E-state index in [-0.39, 0.29) is 11.7 Å². The zero-order valence-corrected chi connectivity index (χ0v) is 15.2. The third-order valence-corrected chi connectivity index (χ3v) is 5.66. The third kappa shape index (κ3) is 2.96. The van der Waals surface area contributed by atoms with Crippen molar-refractivity contribution in [3.05, 3.63) is 65.1 Å². The molecule has 27 heavy (non-hydrogen) atoms. The summed E-state index contributed by atoms with van der Waals surface area (Å²) in [4.78, 5) is 21.8. The Balaban J connectivity index is 1.32. The number of hydrogen-bond donors (Lipinski definition) is 1. The topological polar surface area (TPSA) is 53.4 Å². The Morgan fingerprint density at radius 3 is 2.52 bits per heavy atom. The molecule has 1 atom stereocenters. The molecule has 0 radical (unpaired) electrons. The van der Waals surface area contributed by atoms with E-state index in [1.54, 1.807) is 0 Å². The maximum absolute atomic E-state index is 12.6. The van der Waals surface area contributed by atoms with Gasteiger partial charge in [0.05, 0.1) is 11.6 Å². The highest BCUT2D eigenvalue weighted by Crippen LogP contribution is 2.28. The molecule has 6 heteroatoms. The summed E-state index contributed by atoms with van der Waals surface area (Å²) in [6, 6.07) is 18.5. The van der Waals surface area contributed by atoms with Crippen molar-refractivity contribution in [2.24, 2.45) is 0 Å². The number of fused-ring (bicyclic) bond motifs is 3. The van der Waals surface area contributed by atoms with Crippen LogP contribution >= 0.6 is 0 Å². The summed E-state index contributed by atoms with van der Waals surface area (Å²) in [5, 5.41) is 4.47. The third-order valence-electron chi connectivity index (χ3n) is 5.66. The molecule has 2 aromatic carbocycles. The number of aromatic nitrogens is 2. The molecule has 0 amide bonds. The predicted octanol–water partition coefficient (Wildman–Crippen LogP) is 2.19. The van der Waals surface area contributed by atoms with Gasteiger partial charge in [0.1, 0.15) is 5.82 Å². The van der Waals surface area contributed by atoms with Crippen LogP contribution in [0.3, 0.4) is 0 Å². The molecule has 1 fully saturated rings. The SMILES string of the molecule is O=c1nc2ccccc2c2n1C(CN1CCN(c3ccccc3)CC1)CN2. The first-order valence-electron chi connectivity index (χ1n) is 9.57. The number of nitrogens with zero attached hydrogens (tertiary/aromatic N) is 4. The van der Waals surface area contributed by atoms with Crippen molar-refractivity contribution >= 4 is 22.4 Å². The van der Waals surface area contributed by atoms with E-state index in [2.05, 4.69) is 50.4 Å². The van der Waals surface area contributed by atoms with Crippen LogP contribution < -0.4 is 15.9 Å². The highest BCUT2D eigenvalue weighted by molar-refractivity contribution is 5.89. The zero-order chi connectivity index (χ0) is 18.2. The number of anilines is 2. The second-order valence-corrected chi connectivity index (χ2v) is 7.29. The lowest BCUT2D eigenvalue weighted by Crippen LogP contribution is -2.48. The van der Waals surface area contributed by atoms with Crippen molar-refractivity contribution in [1.29, 1.82) is 0 Å². The summed E-state index contributed by atoms with van der Waals surface area (Å²) >= 11 is 0. The summed E-state index contributed by atoms with van der Waals surface area (Å²) in [5.41, 5.74) is 1.90. The minimum Gasteiger partial charge on any atom is -0.369 e. The highest BCUT2D eigenvalue weighted by atomic mass is 16.1. The standard InChI is InChI=1S/C21H23N5O/c27-21-23-19-9-5-4-8-18(19)20-22-14-17(26(20)21)15-24-10-12-25(13-11-24)16-6-2-1-3-7-16/h1-9,17,22H,10-15H2. The quantitative estimate of drug-likeness (QED) is 0.775. The molecule has 5 rings (SSSR count). The number of rotatable bonds is 3. The second-order valence-electron chi connectivity index (χ2n) is 7.29. The summed E-state index contributed by atoms with van der Waals surface area (Å²) in [7, 11) is 0. The maximum Gasteiger partial charge on any atom is 0.350 e.